The molecule has 3 unspecified atom stereocenters. The molecule has 11 heteroatoms. The van der Waals surface area contributed by atoms with Gasteiger partial charge in [-0.3, -0.25) is 18.6 Å². The van der Waals surface area contributed by atoms with E-state index in [2.05, 4.69) is 50.3 Å². The van der Waals surface area contributed by atoms with Gasteiger partial charge >= 0.3 is 19.8 Å². The van der Waals surface area contributed by atoms with Gasteiger partial charge in [-0.25, -0.2) is 4.57 Å². The highest BCUT2D eigenvalue weighted by Crippen LogP contribution is 2.43. The minimum absolute atomic E-state index is 0.0119. The molecule has 54 heavy (non-hydrogen) atoms. The second-order valence-corrected chi connectivity index (χ2v) is 15.9. The highest BCUT2D eigenvalue weighted by Gasteiger charge is 2.27. The average molecular weight is 786 g/mol. The Balaban J connectivity index is 4.17. The van der Waals surface area contributed by atoms with Gasteiger partial charge in [-0.2, -0.15) is 0 Å². The zero-order valence-electron chi connectivity index (χ0n) is 34.3. The second-order valence-electron chi connectivity index (χ2n) is 14.5. The van der Waals surface area contributed by atoms with Crippen LogP contribution in [0.5, 0.6) is 0 Å². The number of unbranched alkanes of at least 4 members (excludes halogenated alkanes) is 21. The van der Waals surface area contributed by atoms with Gasteiger partial charge in [0.2, 0.25) is 0 Å². The molecule has 0 aliphatic heterocycles. The Hall–Kier alpha value is -1.81. The maximum absolute atomic E-state index is 12.6. The van der Waals surface area contributed by atoms with Gasteiger partial charge in [0.05, 0.1) is 19.8 Å². The van der Waals surface area contributed by atoms with Crippen molar-refractivity contribution < 1.29 is 42.7 Å². The van der Waals surface area contributed by atoms with Crippen LogP contribution in [0, 0.1) is 0 Å². The summed E-state index contributed by atoms with van der Waals surface area (Å²) in [7, 11) is -4.61. The van der Waals surface area contributed by atoms with E-state index in [-0.39, 0.29) is 13.0 Å². The van der Waals surface area contributed by atoms with E-state index in [0.29, 0.717) is 13.0 Å². The highest BCUT2D eigenvalue weighted by molar-refractivity contribution is 7.47. The maximum Gasteiger partial charge on any atom is 0.472 e. The summed E-state index contributed by atoms with van der Waals surface area (Å²) in [5, 5.41) is 8.88. The summed E-state index contributed by atoms with van der Waals surface area (Å²) in [5.74, 6) is -1.78. The molecule has 0 fully saturated rings. The van der Waals surface area contributed by atoms with E-state index < -0.39 is 45.1 Å². The number of hydrogen-bond donors (Lipinski definition) is 3. The van der Waals surface area contributed by atoms with Gasteiger partial charge in [-0.05, 0) is 51.4 Å². The molecular formula is C43H80NO9P. The molecule has 0 aromatic heterocycles. The lowest BCUT2D eigenvalue weighted by molar-refractivity contribution is -0.154. The number of rotatable bonds is 41. The number of allylic oxidation sites excluding steroid dienone is 6. The zero-order chi connectivity index (χ0) is 39.8. The Bertz CT molecular complexity index is 1000. The van der Waals surface area contributed by atoms with Crippen molar-refractivity contribution in [2.24, 2.45) is 5.73 Å². The third-order valence-corrected chi connectivity index (χ3v) is 10.1. The third-order valence-electron chi connectivity index (χ3n) is 9.17. The number of carboxylic acids is 1. The van der Waals surface area contributed by atoms with Crippen LogP contribution in [0.2, 0.25) is 0 Å². The number of hydrogen-bond acceptors (Lipinski definition) is 8. The van der Waals surface area contributed by atoms with E-state index in [4.69, 9.17) is 29.4 Å². The molecule has 0 rings (SSSR count). The van der Waals surface area contributed by atoms with Crippen LogP contribution in [0.4, 0.5) is 0 Å². The first kappa shape index (κ1) is 52.2. The van der Waals surface area contributed by atoms with Crippen molar-refractivity contribution in [2.75, 3.05) is 26.4 Å². The van der Waals surface area contributed by atoms with Gasteiger partial charge in [-0.1, -0.05) is 166 Å². The predicted octanol–water partition coefficient (Wildman–Crippen LogP) is 11.7. The molecule has 0 heterocycles. The molecule has 0 saturated carbocycles. The molecule has 316 valence electrons. The van der Waals surface area contributed by atoms with Gasteiger partial charge in [0.1, 0.15) is 12.1 Å². The molecule has 0 saturated heterocycles. The van der Waals surface area contributed by atoms with Gasteiger partial charge in [-0.15, -0.1) is 0 Å². The molecule has 0 aliphatic rings. The Kier molecular flexibility index (Phi) is 38.1. The Labute approximate surface area is 329 Å². The van der Waals surface area contributed by atoms with Crippen LogP contribution in [0.3, 0.4) is 0 Å². The molecule has 0 aromatic carbocycles. The van der Waals surface area contributed by atoms with Crippen molar-refractivity contribution in [1.82, 2.24) is 0 Å². The van der Waals surface area contributed by atoms with Gasteiger partial charge in [0, 0.05) is 13.0 Å². The van der Waals surface area contributed by atoms with Gasteiger partial charge in [0.15, 0.2) is 0 Å². The van der Waals surface area contributed by atoms with Gasteiger partial charge < -0.3 is 25.2 Å². The van der Waals surface area contributed by atoms with E-state index in [1.807, 2.05) is 0 Å². The smallest absolute Gasteiger partial charge is 0.472 e. The van der Waals surface area contributed by atoms with E-state index in [9.17, 15) is 19.0 Å². The van der Waals surface area contributed by atoms with Crippen molar-refractivity contribution in [3.05, 3.63) is 36.5 Å². The summed E-state index contributed by atoms with van der Waals surface area (Å²) >= 11 is 0. The monoisotopic (exact) mass is 786 g/mol. The number of aliphatic carboxylic acids is 1. The minimum atomic E-state index is -4.61. The maximum atomic E-state index is 12.6. The zero-order valence-corrected chi connectivity index (χ0v) is 35.2. The Morgan fingerprint density at radius 3 is 1.52 bits per heavy atom. The van der Waals surface area contributed by atoms with E-state index in [1.165, 1.54) is 103 Å². The SMILES string of the molecule is CCCCCCC/C=C\C/C=C\C/C=C\CCCCCCCCCOCC(COP(=O)(O)OCC(N)C(=O)O)OC(=O)CCCCCCCCCCCC. The Morgan fingerprint density at radius 1 is 0.593 bits per heavy atom. The van der Waals surface area contributed by atoms with E-state index in [1.54, 1.807) is 0 Å². The lowest BCUT2D eigenvalue weighted by Crippen LogP contribution is -2.34. The second kappa shape index (κ2) is 39.4. The number of carboxylic acid groups (broad SMARTS) is 1. The number of ether oxygens (including phenoxy) is 2. The number of phosphoric acid groups is 1. The minimum Gasteiger partial charge on any atom is -0.480 e. The Morgan fingerprint density at radius 2 is 1.02 bits per heavy atom. The molecule has 0 aromatic rings. The summed E-state index contributed by atoms with van der Waals surface area (Å²) in [4.78, 5) is 33.4. The van der Waals surface area contributed by atoms with Crippen LogP contribution in [0.1, 0.15) is 187 Å². The van der Waals surface area contributed by atoms with Crippen molar-refractivity contribution >= 4 is 19.8 Å². The average Bonchev–Trinajstić information content (AvgIpc) is 3.15. The van der Waals surface area contributed by atoms with Crippen LogP contribution in [-0.2, 0) is 32.7 Å². The quantitative estimate of drug-likeness (QED) is 0.0236. The lowest BCUT2D eigenvalue weighted by Gasteiger charge is -2.20. The number of esters is 1. The van der Waals surface area contributed by atoms with Crippen molar-refractivity contribution in [1.29, 1.82) is 0 Å². The van der Waals surface area contributed by atoms with Gasteiger partial charge in [0.25, 0.3) is 0 Å². The van der Waals surface area contributed by atoms with Crippen molar-refractivity contribution in [3.63, 3.8) is 0 Å². The first-order valence-electron chi connectivity index (χ1n) is 21.5. The standard InChI is InChI=1S/C43H80NO9P/c1-3-5-7-9-11-13-15-16-17-18-19-20-21-22-23-24-25-26-28-30-32-34-36-50-37-40(38-51-54(48,49)52-39-41(44)43(46)47)53-42(45)35-33-31-29-27-14-12-10-8-6-4-2/h15-16,18-19,21-22,40-41H,3-14,17,20,23-39,44H2,1-2H3,(H,46,47)(H,48,49)/b16-15-,19-18-,22-21-. The summed E-state index contributed by atoms with van der Waals surface area (Å²) < 4.78 is 33.3. The normalized spacial score (nSPS) is 14.3. The van der Waals surface area contributed by atoms with Crippen molar-refractivity contribution in [3.8, 4) is 0 Å². The highest BCUT2D eigenvalue weighted by atomic mass is 31.2. The lowest BCUT2D eigenvalue weighted by atomic mass is 10.1. The first-order chi connectivity index (χ1) is 26.2. The van der Waals surface area contributed by atoms with E-state index in [0.717, 1.165) is 57.8 Å². The van der Waals surface area contributed by atoms with Crippen LogP contribution in [-0.4, -0.2) is 60.5 Å². The first-order valence-corrected chi connectivity index (χ1v) is 23.0. The number of carbonyl (C=O) groups excluding carboxylic acids is 1. The molecule has 0 spiro atoms. The summed E-state index contributed by atoms with van der Waals surface area (Å²) in [6, 6.07) is -1.47. The summed E-state index contributed by atoms with van der Waals surface area (Å²) in [6.07, 6.45) is 43.5. The van der Waals surface area contributed by atoms with Crippen LogP contribution >= 0.6 is 7.82 Å². The predicted molar refractivity (Wildman–Crippen MR) is 221 cm³/mol. The molecular weight excluding hydrogens is 705 g/mol. The molecule has 10 nitrogen and oxygen atoms in total. The third kappa shape index (κ3) is 38.5. The fourth-order valence-electron chi connectivity index (χ4n) is 5.79. The molecule has 4 N–H and O–H groups in total. The molecule has 0 amide bonds. The number of carbonyl (C=O) groups is 2. The fourth-order valence-corrected chi connectivity index (χ4v) is 6.56. The molecule has 3 atom stereocenters. The number of phosphoric ester groups is 1. The molecule has 0 aliphatic carbocycles. The number of nitrogens with two attached hydrogens (primary N) is 1. The van der Waals surface area contributed by atoms with Crippen LogP contribution < -0.4 is 5.73 Å². The van der Waals surface area contributed by atoms with Crippen LogP contribution in [0.25, 0.3) is 0 Å². The molecule has 0 bridgehead atoms. The summed E-state index contributed by atoms with van der Waals surface area (Å²) in [5.41, 5.74) is 5.34. The topological polar surface area (TPSA) is 155 Å². The van der Waals surface area contributed by atoms with Crippen LogP contribution in [0.15, 0.2) is 36.5 Å². The fraction of sp³-hybridized carbons (Fsp3) is 0.814. The summed E-state index contributed by atoms with van der Waals surface area (Å²) in [6.45, 7) is 3.83. The molecule has 0 radical (unpaired) electrons. The largest absolute Gasteiger partial charge is 0.480 e. The van der Waals surface area contributed by atoms with Crippen molar-refractivity contribution in [2.45, 2.75) is 199 Å². The van der Waals surface area contributed by atoms with E-state index >= 15 is 0 Å².